The maximum Gasteiger partial charge on any atom is 0.310 e. The van der Waals surface area contributed by atoms with E-state index in [2.05, 4.69) is 4.90 Å². The lowest BCUT2D eigenvalue weighted by atomic mass is 9.67. The van der Waals surface area contributed by atoms with Gasteiger partial charge in [-0.2, -0.15) is 12.6 Å². The van der Waals surface area contributed by atoms with Gasteiger partial charge in [0.1, 0.15) is 0 Å². The van der Waals surface area contributed by atoms with Gasteiger partial charge in [-0.05, 0) is 43.7 Å². The number of carboxylic acid groups (broad SMARTS) is 1. The lowest BCUT2D eigenvalue weighted by Gasteiger charge is -2.44. The molecule has 1 aliphatic heterocycles. The molecule has 142 valence electrons. The molecule has 7 heteroatoms. The molecule has 0 aromatic heterocycles. The predicted molar refractivity (Wildman–Crippen MR) is 104 cm³/mol. The zero-order valence-electron chi connectivity index (χ0n) is 14.8. The molecule has 1 saturated carbocycles. The third-order valence-electron chi connectivity index (χ3n) is 6.15. The summed E-state index contributed by atoms with van der Waals surface area (Å²) in [6, 6.07) is 6.64. The molecule has 1 unspecified atom stereocenters. The van der Waals surface area contributed by atoms with Crippen molar-refractivity contribution in [3.8, 4) is 0 Å². The first kappa shape index (κ1) is 19.0. The predicted octanol–water partition coefficient (Wildman–Crippen LogP) is 4.14. The quantitative estimate of drug-likeness (QED) is 0.457. The van der Waals surface area contributed by atoms with Gasteiger partial charge in [0.05, 0.1) is 10.3 Å². The Morgan fingerprint density at radius 3 is 2.27 bits per heavy atom. The summed E-state index contributed by atoms with van der Waals surface area (Å²) in [6.07, 6.45) is 6.35. The van der Waals surface area contributed by atoms with Crippen LogP contribution in [0.3, 0.4) is 0 Å². The first-order valence-corrected chi connectivity index (χ1v) is 9.86. The van der Waals surface area contributed by atoms with Crippen LogP contribution in [0.1, 0.15) is 44.9 Å². The van der Waals surface area contributed by atoms with Crippen LogP contribution >= 0.6 is 12.6 Å². The molecule has 0 bridgehead atoms. The van der Waals surface area contributed by atoms with Crippen LogP contribution in [0.4, 0.5) is 11.4 Å². The van der Waals surface area contributed by atoms with Crippen LogP contribution in [-0.4, -0.2) is 34.3 Å². The van der Waals surface area contributed by atoms with Crippen molar-refractivity contribution < 1.29 is 14.8 Å². The van der Waals surface area contributed by atoms with Gasteiger partial charge >= 0.3 is 5.97 Å². The molecule has 1 aliphatic carbocycles. The zero-order chi connectivity index (χ0) is 18.7. The number of benzene rings is 1. The minimum atomic E-state index is -0.685. The lowest BCUT2D eigenvalue weighted by molar-refractivity contribution is -0.384. The van der Waals surface area contributed by atoms with Gasteiger partial charge in [0.25, 0.3) is 5.69 Å². The van der Waals surface area contributed by atoms with E-state index in [4.69, 9.17) is 12.6 Å². The van der Waals surface area contributed by atoms with Gasteiger partial charge in [0.2, 0.25) is 0 Å². The Morgan fingerprint density at radius 1 is 1.19 bits per heavy atom. The molecular formula is C19H26N2O4S. The third-order valence-corrected chi connectivity index (χ3v) is 7.07. The normalized spacial score (nSPS) is 22.0. The molecule has 0 radical (unpaired) electrons. The number of hydrogen-bond donors (Lipinski definition) is 2. The van der Waals surface area contributed by atoms with Crippen molar-refractivity contribution in [2.45, 2.75) is 50.2 Å². The van der Waals surface area contributed by atoms with Crippen LogP contribution in [0.25, 0.3) is 0 Å². The van der Waals surface area contributed by atoms with Crippen molar-refractivity contribution in [2.24, 2.45) is 11.3 Å². The Morgan fingerprint density at radius 2 is 1.77 bits per heavy atom. The minimum Gasteiger partial charge on any atom is -0.481 e. The number of aliphatic carboxylic acids is 1. The maximum absolute atomic E-state index is 12.0. The summed E-state index contributed by atoms with van der Waals surface area (Å²) in [5, 5.41) is 20.5. The summed E-state index contributed by atoms with van der Waals surface area (Å²) in [4.78, 5) is 24.6. The Hall–Kier alpha value is -1.76. The summed E-state index contributed by atoms with van der Waals surface area (Å²) < 4.78 is 0. The molecular weight excluding hydrogens is 352 g/mol. The van der Waals surface area contributed by atoms with E-state index in [1.807, 2.05) is 0 Å². The number of rotatable bonds is 5. The number of non-ortho nitro benzene ring substituents is 1. The molecule has 0 spiro atoms. The summed E-state index contributed by atoms with van der Waals surface area (Å²) in [6.45, 7) is 1.66. The summed E-state index contributed by atoms with van der Waals surface area (Å²) in [7, 11) is 0. The third kappa shape index (κ3) is 3.68. The van der Waals surface area contributed by atoms with Gasteiger partial charge in [0.15, 0.2) is 0 Å². The van der Waals surface area contributed by atoms with Crippen LogP contribution in [0.15, 0.2) is 24.3 Å². The maximum atomic E-state index is 12.0. The Bertz CT molecular complexity index is 650. The fourth-order valence-corrected chi connectivity index (χ4v) is 5.20. The van der Waals surface area contributed by atoms with E-state index in [1.54, 1.807) is 12.1 Å². The average molecular weight is 378 g/mol. The van der Waals surface area contributed by atoms with Gasteiger partial charge in [-0.25, -0.2) is 0 Å². The highest BCUT2D eigenvalue weighted by Gasteiger charge is 2.48. The Labute approximate surface area is 159 Å². The molecule has 3 rings (SSSR count). The highest BCUT2D eigenvalue weighted by atomic mass is 32.1. The molecule has 26 heavy (non-hydrogen) atoms. The van der Waals surface area contributed by atoms with E-state index in [0.717, 1.165) is 63.7 Å². The summed E-state index contributed by atoms with van der Waals surface area (Å²) in [5.74, 6) is -0.392. The molecule has 1 N–H and O–H groups in total. The van der Waals surface area contributed by atoms with E-state index >= 15 is 0 Å². The monoisotopic (exact) mass is 378 g/mol. The lowest BCUT2D eigenvalue weighted by Crippen LogP contribution is -2.48. The SMILES string of the molecule is O=C(O)C1(C(S)C2CCN(c3ccc([N+](=O)[O-])cc3)CC2)CCCCC1. The van der Waals surface area contributed by atoms with E-state index in [9.17, 15) is 20.0 Å². The fourth-order valence-electron chi connectivity index (χ4n) is 4.53. The van der Waals surface area contributed by atoms with Crippen LogP contribution in [0, 0.1) is 21.4 Å². The number of thiol groups is 1. The van der Waals surface area contributed by atoms with Crippen molar-refractivity contribution in [1.82, 2.24) is 0 Å². The fraction of sp³-hybridized carbons (Fsp3) is 0.632. The van der Waals surface area contributed by atoms with Gasteiger partial charge in [-0.15, -0.1) is 0 Å². The number of carbonyl (C=O) groups is 1. The number of nitrogens with zero attached hydrogens (tertiary/aromatic N) is 2. The van der Waals surface area contributed by atoms with Crippen molar-refractivity contribution in [3.05, 3.63) is 34.4 Å². The minimum absolute atomic E-state index is 0.0970. The molecule has 2 aliphatic rings. The number of anilines is 1. The molecule has 2 fully saturated rings. The van der Waals surface area contributed by atoms with Crippen molar-refractivity contribution in [3.63, 3.8) is 0 Å². The number of hydrogen-bond acceptors (Lipinski definition) is 5. The number of nitro benzene ring substituents is 1. The molecule has 1 saturated heterocycles. The van der Waals surface area contributed by atoms with E-state index in [0.29, 0.717) is 5.92 Å². The van der Waals surface area contributed by atoms with E-state index in [1.165, 1.54) is 12.1 Å². The van der Waals surface area contributed by atoms with Crippen LogP contribution in [0.5, 0.6) is 0 Å². The first-order valence-electron chi connectivity index (χ1n) is 9.35. The highest BCUT2D eigenvalue weighted by molar-refractivity contribution is 7.81. The second kappa shape index (κ2) is 7.86. The van der Waals surface area contributed by atoms with Gasteiger partial charge in [-0.3, -0.25) is 14.9 Å². The van der Waals surface area contributed by atoms with Crippen molar-refractivity contribution >= 4 is 30.0 Å². The largest absolute Gasteiger partial charge is 0.481 e. The van der Waals surface area contributed by atoms with Crippen LogP contribution in [0.2, 0.25) is 0 Å². The Balaban J connectivity index is 1.64. The summed E-state index contributed by atoms with van der Waals surface area (Å²) >= 11 is 4.82. The topological polar surface area (TPSA) is 83.7 Å². The van der Waals surface area contributed by atoms with Gasteiger partial charge in [-0.1, -0.05) is 19.3 Å². The average Bonchev–Trinajstić information content (AvgIpc) is 2.68. The Kier molecular flexibility index (Phi) is 5.75. The molecule has 6 nitrogen and oxygen atoms in total. The van der Waals surface area contributed by atoms with Gasteiger partial charge in [0, 0.05) is 36.2 Å². The highest BCUT2D eigenvalue weighted by Crippen LogP contribution is 2.46. The number of nitro groups is 1. The zero-order valence-corrected chi connectivity index (χ0v) is 15.7. The van der Waals surface area contributed by atoms with E-state index in [-0.39, 0.29) is 10.9 Å². The second-order valence-corrected chi connectivity index (χ2v) is 8.12. The smallest absolute Gasteiger partial charge is 0.310 e. The molecule has 1 heterocycles. The number of carboxylic acids is 1. The molecule has 1 aromatic rings. The van der Waals surface area contributed by atoms with Gasteiger partial charge < -0.3 is 10.0 Å². The summed E-state index contributed by atoms with van der Waals surface area (Å²) in [5.41, 5.74) is 0.400. The van der Waals surface area contributed by atoms with E-state index < -0.39 is 16.3 Å². The van der Waals surface area contributed by atoms with Crippen molar-refractivity contribution in [2.75, 3.05) is 18.0 Å². The molecule has 0 amide bonds. The van der Waals surface area contributed by atoms with Crippen LogP contribution in [-0.2, 0) is 4.79 Å². The molecule has 1 aromatic carbocycles. The molecule has 1 atom stereocenters. The number of piperidine rings is 1. The van der Waals surface area contributed by atoms with Crippen molar-refractivity contribution in [1.29, 1.82) is 0 Å². The first-order chi connectivity index (χ1) is 12.4. The standard InChI is InChI=1S/C19H26N2O4S/c22-18(23)19(10-2-1-3-11-19)17(26)14-8-12-20(13-9-14)15-4-6-16(7-5-15)21(24)25/h4-7,14,17,26H,1-3,8-13H2,(H,22,23). The second-order valence-electron chi connectivity index (χ2n) is 7.56. The van der Waals surface area contributed by atoms with Crippen LogP contribution < -0.4 is 4.90 Å².